The van der Waals surface area contributed by atoms with Crippen molar-refractivity contribution < 1.29 is 9.59 Å². The molecule has 2 amide bonds. The van der Waals surface area contributed by atoms with Gasteiger partial charge in [-0.3, -0.25) is 14.6 Å². The number of amides is 2. The molecule has 0 unspecified atom stereocenters. The van der Waals surface area contributed by atoms with Crippen LogP contribution in [0.25, 0.3) is 11.0 Å². The van der Waals surface area contributed by atoms with Crippen molar-refractivity contribution in [2.75, 3.05) is 24.6 Å². The molecule has 1 aliphatic rings. The van der Waals surface area contributed by atoms with E-state index in [1.54, 1.807) is 41.4 Å². The third-order valence-electron chi connectivity index (χ3n) is 5.94. The van der Waals surface area contributed by atoms with Crippen LogP contribution < -0.4 is 16.6 Å². The number of imidazole rings is 1. The first kappa shape index (κ1) is 23.9. The highest BCUT2D eigenvalue weighted by Gasteiger charge is 2.30. The third-order valence-corrected chi connectivity index (χ3v) is 6.25. The highest BCUT2D eigenvalue weighted by atomic mass is 35.5. The minimum atomic E-state index is -0.411. The lowest BCUT2D eigenvalue weighted by molar-refractivity contribution is -0.126. The summed E-state index contributed by atoms with van der Waals surface area (Å²) < 4.78 is 1.90. The Morgan fingerprint density at radius 3 is 2.88 bits per heavy atom. The van der Waals surface area contributed by atoms with Crippen LogP contribution in [0, 0.1) is 6.92 Å². The van der Waals surface area contributed by atoms with Crippen molar-refractivity contribution >= 4 is 40.4 Å². The van der Waals surface area contributed by atoms with Crippen LogP contribution in [0.5, 0.6) is 0 Å². The molecule has 9 nitrogen and oxygen atoms in total. The number of benzene rings is 1. The van der Waals surface area contributed by atoms with E-state index in [4.69, 9.17) is 23.2 Å². The molecule has 0 radical (unpaired) electrons. The molecule has 10 heteroatoms. The smallest absolute Gasteiger partial charge is 0.275 e. The number of rotatable bonds is 5. The topological polar surface area (TPSA) is 123 Å². The average molecular weight is 482 g/mol. The number of carbonyl (C=O) groups is 2. The highest BCUT2D eigenvalue weighted by Crippen LogP contribution is 2.35. The Hall–Kier alpha value is -3.27. The second kappa shape index (κ2) is 10.3. The Morgan fingerprint density at radius 2 is 2.12 bits per heavy atom. The number of hydrazine groups is 1. The number of hydrogen-bond donors (Lipinski definition) is 2. The van der Waals surface area contributed by atoms with Crippen molar-refractivity contribution in [2.24, 2.45) is 11.6 Å². The van der Waals surface area contributed by atoms with Crippen LogP contribution >= 0.6 is 11.6 Å². The molecule has 34 heavy (non-hydrogen) atoms. The number of fused-ring (bicyclic) bond motifs is 1. The molecular weight excluding hydrogens is 454 g/mol. The van der Waals surface area contributed by atoms with Crippen molar-refractivity contribution in [2.45, 2.75) is 32.2 Å². The van der Waals surface area contributed by atoms with E-state index in [2.05, 4.69) is 9.97 Å². The molecule has 1 saturated heterocycles. The number of aryl methyl sites for hydroxylation is 1. The van der Waals surface area contributed by atoms with Crippen molar-refractivity contribution in [1.82, 2.24) is 19.4 Å². The summed E-state index contributed by atoms with van der Waals surface area (Å²) in [6, 6.07) is 8.55. The van der Waals surface area contributed by atoms with E-state index in [-0.39, 0.29) is 17.9 Å². The molecule has 0 saturated carbocycles. The zero-order valence-corrected chi connectivity index (χ0v) is 19.8. The molecule has 0 spiro atoms. The lowest BCUT2D eigenvalue weighted by Gasteiger charge is -2.28. The molecule has 1 fully saturated rings. The number of nitrogens with zero attached hydrogens (tertiary/aromatic N) is 5. The largest absolute Gasteiger partial charge is 0.337 e. The Labute approximate surface area is 203 Å². The minimum Gasteiger partial charge on any atom is -0.337 e. The van der Waals surface area contributed by atoms with Gasteiger partial charge in [0.05, 0.1) is 22.1 Å². The molecule has 1 aromatic carbocycles. The predicted octanol–water partition coefficient (Wildman–Crippen LogP) is 2.98. The van der Waals surface area contributed by atoms with Crippen LogP contribution in [0.15, 0.2) is 48.7 Å². The number of aromatic nitrogens is 3. The summed E-state index contributed by atoms with van der Waals surface area (Å²) in [4.78, 5) is 36.6. The fraction of sp³-hybridized carbons (Fsp3) is 0.333. The Morgan fingerprint density at radius 1 is 1.29 bits per heavy atom. The maximum absolute atomic E-state index is 13.3. The lowest BCUT2D eigenvalue weighted by atomic mass is 10.1. The van der Waals surface area contributed by atoms with Gasteiger partial charge in [0.15, 0.2) is 0 Å². The van der Waals surface area contributed by atoms with Crippen LogP contribution in [0.4, 0.5) is 5.95 Å². The second-order valence-electron chi connectivity index (χ2n) is 8.32. The maximum atomic E-state index is 13.3. The van der Waals surface area contributed by atoms with Crippen LogP contribution in [0.1, 0.15) is 41.4 Å². The van der Waals surface area contributed by atoms with Gasteiger partial charge in [0, 0.05) is 43.2 Å². The molecule has 1 aliphatic heterocycles. The van der Waals surface area contributed by atoms with E-state index in [9.17, 15) is 9.59 Å². The fourth-order valence-electron chi connectivity index (χ4n) is 4.32. The van der Waals surface area contributed by atoms with Crippen molar-refractivity contribution in [3.63, 3.8) is 0 Å². The first-order chi connectivity index (χ1) is 16.4. The van der Waals surface area contributed by atoms with E-state index in [0.717, 1.165) is 24.3 Å². The Balaban J connectivity index is 1.78. The monoisotopic (exact) mass is 481 g/mol. The molecular formula is C24H28ClN7O2. The molecule has 178 valence electrons. The zero-order chi connectivity index (χ0) is 24.2. The average Bonchev–Trinajstić information content (AvgIpc) is 3.06. The number of halogens is 1. The Bertz CT molecular complexity index is 1240. The van der Waals surface area contributed by atoms with Gasteiger partial charge in [-0.15, -0.1) is 0 Å². The summed E-state index contributed by atoms with van der Waals surface area (Å²) >= 11 is 6.61. The number of para-hydroxylation sites is 1. The normalized spacial score (nSPS) is 16.7. The van der Waals surface area contributed by atoms with Gasteiger partial charge in [-0.1, -0.05) is 23.7 Å². The fourth-order valence-corrected chi connectivity index (χ4v) is 4.58. The zero-order valence-electron chi connectivity index (χ0n) is 19.0. The molecule has 1 atom stereocenters. The lowest BCUT2D eigenvalue weighted by Crippen LogP contribution is -2.41. The summed E-state index contributed by atoms with van der Waals surface area (Å²) in [6.45, 7) is 3.19. The van der Waals surface area contributed by atoms with E-state index in [1.165, 1.54) is 6.08 Å². The van der Waals surface area contributed by atoms with Gasteiger partial charge < -0.3 is 15.2 Å². The van der Waals surface area contributed by atoms with E-state index in [1.807, 2.05) is 17.6 Å². The van der Waals surface area contributed by atoms with Gasteiger partial charge in [-0.05, 0) is 50.5 Å². The van der Waals surface area contributed by atoms with Crippen LogP contribution in [-0.4, -0.2) is 50.9 Å². The number of nitrogens with two attached hydrogens (primary N) is 2. The number of likely N-dealkylation sites (tertiary alicyclic amines) is 1. The summed E-state index contributed by atoms with van der Waals surface area (Å²) in [6.07, 6.45) is 7.28. The molecule has 0 aliphatic carbocycles. The summed E-state index contributed by atoms with van der Waals surface area (Å²) in [5.41, 5.74) is 7.95. The molecule has 3 aromatic rings. The first-order valence-electron chi connectivity index (χ1n) is 11.2. The molecule has 0 bridgehead atoms. The number of pyridine rings is 1. The summed E-state index contributed by atoms with van der Waals surface area (Å²) in [7, 11) is 0. The van der Waals surface area contributed by atoms with Crippen molar-refractivity contribution in [3.8, 4) is 0 Å². The number of hydrogen-bond acceptors (Lipinski definition) is 6. The van der Waals surface area contributed by atoms with E-state index in [0.29, 0.717) is 46.9 Å². The molecule has 4 rings (SSSR count). The van der Waals surface area contributed by atoms with Gasteiger partial charge in [0.2, 0.25) is 11.9 Å². The maximum Gasteiger partial charge on any atom is 0.275 e. The third kappa shape index (κ3) is 4.82. The van der Waals surface area contributed by atoms with Crippen LogP contribution in [0.2, 0.25) is 5.02 Å². The van der Waals surface area contributed by atoms with Gasteiger partial charge >= 0.3 is 0 Å². The highest BCUT2D eigenvalue weighted by molar-refractivity contribution is 6.35. The molecule has 4 N–H and O–H groups in total. The van der Waals surface area contributed by atoms with E-state index < -0.39 is 5.91 Å². The SMILES string of the molecule is Cc1cc(C(=O)N(N)c2nc3cccc(Cl)c3n2[C@@H]2CCCCN(C(=O)/C=C/CN)C2)ccn1. The first-order valence-corrected chi connectivity index (χ1v) is 11.6. The van der Waals surface area contributed by atoms with E-state index >= 15 is 0 Å². The molecule has 2 aromatic heterocycles. The van der Waals surface area contributed by atoms with Crippen LogP contribution in [-0.2, 0) is 4.79 Å². The van der Waals surface area contributed by atoms with Gasteiger partial charge in [-0.2, -0.15) is 0 Å². The minimum absolute atomic E-state index is 0.0950. The number of carbonyl (C=O) groups excluding carboxylic acids is 2. The second-order valence-corrected chi connectivity index (χ2v) is 8.73. The molecule has 3 heterocycles. The van der Waals surface area contributed by atoms with Gasteiger partial charge in [-0.25, -0.2) is 15.8 Å². The standard InChI is InChI=1S/C24H28ClN7O2/c1-16-14-17(10-12-28-16)23(34)32(27)24-29-20-8-4-7-19(25)22(20)31(24)18-6-2-3-13-30(15-18)21(33)9-5-11-26/h4-5,7-10,12,14,18H,2-3,6,11,13,15,26-27H2,1H3/b9-5+/t18-/m1/s1. The summed E-state index contributed by atoms with van der Waals surface area (Å²) in [5.74, 6) is 6.14. The quantitative estimate of drug-likeness (QED) is 0.250. The predicted molar refractivity (Wildman–Crippen MR) is 132 cm³/mol. The van der Waals surface area contributed by atoms with Crippen molar-refractivity contribution in [3.05, 3.63) is 65.0 Å². The van der Waals surface area contributed by atoms with Crippen molar-refractivity contribution in [1.29, 1.82) is 0 Å². The van der Waals surface area contributed by atoms with Gasteiger partial charge in [0.25, 0.3) is 5.91 Å². The Kier molecular flexibility index (Phi) is 7.26. The van der Waals surface area contributed by atoms with Crippen LogP contribution in [0.3, 0.4) is 0 Å². The summed E-state index contributed by atoms with van der Waals surface area (Å²) in [5, 5.41) is 1.55. The number of anilines is 1. The van der Waals surface area contributed by atoms with Gasteiger partial charge in [0.1, 0.15) is 0 Å².